The van der Waals surface area contributed by atoms with Gasteiger partial charge in [-0.15, -0.1) is 0 Å². The van der Waals surface area contributed by atoms with Gasteiger partial charge in [0.25, 0.3) is 0 Å². The average Bonchev–Trinajstić information content (AvgIpc) is 2.29. The van der Waals surface area contributed by atoms with Gasteiger partial charge in [0.2, 0.25) is 0 Å². The molecule has 2 nitrogen and oxygen atoms in total. The molecule has 0 amide bonds. The minimum atomic E-state index is -0.649. The fourth-order valence-electron chi connectivity index (χ4n) is 3.99. The third kappa shape index (κ3) is 1.16. The molecule has 98 valence electrons. The molecule has 2 heteroatoms. The number of hydrogen-bond acceptors (Lipinski definition) is 2. The maximum absolute atomic E-state index is 10.6. The maximum Gasteiger partial charge on any atom is 0.0939 e. The minimum Gasteiger partial charge on any atom is -0.385 e. The maximum atomic E-state index is 10.6. The molecule has 3 rings (SSSR count). The zero-order valence-electron chi connectivity index (χ0n) is 11.7. The van der Waals surface area contributed by atoms with Crippen molar-refractivity contribution in [3.8, 4) is 0 Å². The summed E-state index contributed by atoms with van der Waals surface area (Å²) in [5, 5.41) is 21.2. The van der Waals surface area contributed by atoms with Crippen molar-refractivity contribution in [2.75, 3.05) is 0 Å². The molecule has 18 heavy (non-hydrogen) atoms. The summed E-state index contributed by atoms with van der Waals surface area (Å²) in [4.78, 5) is 0. The van der Waals surface area contributed by atoms with Gasteiger partial charge in [0, 0.05) is 12.8 Å². The van der Waals surface area contributed by atoms with E-state index in [4.69, 9.17) is 0 Å². The molecule has 0 fully saturated rings. The SMILES string of the molecule is CC[C@@]1(O)Cc2c(C)c3c(c(C)c21)[C@@](O)(CC)C3. The standard InChI is InChI=1S/C16H22O2/c1-5-15(17)7-11-9(3)12-8-16(18,6-2)14(12)10(4)13(11)15/h17-18H,5-8H2,1-4H3/t15-,16-/m1/s1. The summed E-state index contributed by atoms with van der Waals surface area (Å²) in [6.45, 7) is 8.27. The topological polar surface area (TPSA) is 40.5 Å². The highest BCUT2D eigenvalue weighted by atomic mass is 16.3. The van der Waals surface area contributed by atoms with Gasteiger partial charge in [-0.1, -0.05) is 13.8 Å². The Labute approximate surface area is 109 Å². The van der Waals surface area contributed by atoms with E-state index in [-0.39, 0.29) is 0 Å². The molecule has 0 aliphatic heterocycles. The van der Waals surface area contributed by atoms with Crippen LogP contribution in [0.5, 0.6) is 0 Å². The highest BCUT2D eigenvalue weighted by molar-refractivity contribution is 5.64. The van der Waals surface area contributed by atoms with Crippen LogP contribution in [-0.4, -0.2) is 10.2 Å². The lowest BCUT2D eigenvalue weighted by Crippen LogP contribution is -2.46. The van der Waals surface area contributed by atoms with Gasteiger partial charge >= 0.3 is 0 Å². The lowest BCUT2D eigenvalue weighted by atomic mass is 9.59. The van der Waals surface area contributed by atoms with E-state index in [1.54, 1.807) is 0 Å². The van der Waals surface area contributed by atoms with Crippen LogP contribution in [0, 0.1) is 13.8 Å². The largest absolute Gasteiger partial charge is 0.385 e. The molecule has 2 aliphatic rings. The van der Waals surface area contributed by atoms with Crippen LogP contribution in [0.3, 0.4) is 0 Å². The van der Waals surface area contributed by atoms with Crippen molar-refractivity contribution in [1.82, 2.24) is 0 Å². The summed E-state index contributed by atoms with van der Waals surface area (Å²) in [5.41, 5.74) is 6.01. The van der Waals surface area contributed by atoms with Crippen molar-refractivity contribution in [1.29, 1.82) is 0 Å². The van der Waals surface area contributed by atoms with E-state index in [1.807, 2.05) is 13.8 Å². The van der Waals surface area contributed by atoms with E-state index >= 15 is 0 Å². The van der Waals surface area contributed by atoms with E-state index in [2.05, 4.69) is 13.8 Å². The monoisotopic (exact) mass is 246 g/mol. The third-order valence-corrected chi connectivity index (χ3v) is 5.30. The van der Waals surface area contributed by atoms with Gasteiger partial charge in [0.1, 0.15) is 0 Å². The second kappa shape index (κ2) is 3.37. The second-order valence-electron chi connectivity index (χ2n) is 6.08. The highest BCUT2D eigenvalue weighted by Crippen LogP contribution is 2.54. The third-order valence-electron chi connectivity index (χ3n) is 5.30. The van der Waals surface area contributed by atoms with Crippen molar-refractivity contribution in [2.45, 2.75) is 64.6 Å². The van der Waals surface area contributed by atoms with E-state index in [0.717, 1.165) is 42.4 Å². The highest BCUT2D eigenvalue weighted by Gasteiger charge is 2.49. The summed E-state index contributed by atoms with van der Waals surface area (Å²) in [6.07, 6.45) is 3.07. The van der Waals surface area contributed by atoms with E-state index in [1.165, 1.54) is 16.7 Å². The summed E-state index contributed by atoms with van der Waals surface area (Å²) < 4.78 is 0. The molecule has 1 aromatic rings. The van der Waals surface area contributed by atoms with E-state index in [9.17, 15) is 10.2 Å². The lowest BCUT2D eigenvalue weighted by Gasteiger charge is -2.49. The van der Waals surface area contributed by atoms with Crippen LogP contribution in [0.25, 0.3) is 0 Å². The van der Waals surface area contributed by atoms with Gasteiger partial charge in [0.05, 0.1) is 11.2 Å². The fraction of sp³-hybridized carbons (Fsp3) is 0.625. The molecule has 0 saturated carbocycles. The van der Waals surface area contributed by atoms with Gasteiger partial charge in [-0.2, -0.15) is 0 Å². The number of fused-ring (bicyclic) bond motifs is 2. The van der Waals surface area contributed by atoms with Gasteiger partial charge in [-0.05, 0) is 60.1 Å². The lowest BCUT2D eigenvalue weighted by molar-refractivity contribution is -0.00476. The number of aliphatic hydroxyl groups is 2. The summed E-state index contributed by atoms with van der Waals surface area (Å²) in [5.74, 6) is 0. The van der Waals surface area contributed by atoms with Crippen molar-refractivity contribution in [2.24, 2.45) is 0 Å². The molecular formula is C16H22O2. The van der Waals surface area contributed by atoms with Crippen molar-refractivity contribution >= 4 is 0 Å². The first kappa shape index (κ1) is 12.2. The Morgan fingerprint density at radius 2 is 1.22 bits per heavy atom. The van der Waals surface area contributed by atoms with E-state index in [0.29, 0.717) is 0 Å². The molecule has 0 aromatic heterocycles. The van der Waals surface area contributed by atoms with Crippen molar-refractivity contribution in [3.63, 3.8) is 0 Å². The second-order valence-corrected chi connectivity index (χ2v) is 6.08. The average molecular weight is 246 g/mol. The zero-order chi connectivity index (χ0) is 13.3. The Kier molecular flexibility index (Phi) is 2.28. The molecule has 2 N–H and O–H groups in total. The Hall–Kier alpha value is -0.860. The summed E-state index contributed by atoms with van der Waals surface area (Å²) >= 11 is 0. The molecule has 0 radical (unpaired) electrons. The van der Waals surface area contributed by atoms with Crippen LogP contribution in [0.2, 0.25) is 0 Å². The Bertz CT molecular complexity index is 502. The molecule has 2 aliphatic carbocycles. The molecule has 0 unspecified atom stereocenters. The smallest absolute Gasteiger partial charge is 0.0939 e. The first-order valence-corrected chi connectivity index (χ1v) is 6.98. The predicted octanol–water partition coefficient (Wildman–Crippen LogP) is 2.61. The van der Waals surface area contributed by atoms with Crippen LogP contribution < -0.4 is 0 Å². The van der Waals surface area contributed by atoms with Crippen LogP contribution in [0.4, 0.5) is 0 Å². The molecule has 0 bridgehead atoms. The molecular weight excluding hydrogens is 224 g/mol. The summed E-state index contributed by atoms with van der Waals surface area (Å²) in [6, 6.07) is 0. The predicted molar refractivity (Wildman–Crippen MR) is 71.7 cm³/mol. The van der Waals surface area contributed by atoms with Gasteiger partial charge in [0.15, 0.2) is 0 Å². The quantitative estimate of drug-likeness (QED) is 0.842. The van der Waals surface area contributed by atoms with Gasteiger partial charge < -0.3 is 10.2 Å². The Morgan fingerprint density at radius 1 is 0.833 bits per heavy atom. The number of rotatable bonds is 2. The molecule has 0 spiro atoms. The van der Waals surface area contributed by atoms with Crippen LogP contribution in [0.1, 0.15) is 60.1 Å². The Balaban J connectivity index is 2.24. The number of benzene rings is 1. The van der Waals surface area contributed by atoms with Crippen molar-refractivity contribution in [3.05, 3.63) is 33.4 Å². The zero-order valence-corrected chi connectivity index (χ0v) is 11.7. The van der Waals surface area contributed by atoms with Gasteiger partial charge in [-0.3, -0.25) is 0 Å². The van der Waals surface area contributed by atoms with E-state index < -0.39 is 11.2 Å². The minimum absolute atomic E-state index is 0.649. The van der Waals surface area contributed by atoms with Crippen LogP contribution >= 0.6 is 0 Å². The normalized spacial score (nSPS) is 32.3. The van der Waals surface area contributed by atoms with Gasteiger partial charge in [-0.25, -0.2) is 0 Å². The molecule has 0 saturated heterocycles. The number of hydrogen-bond donors (Lipinski definition) is 2. The molecule has 2 atom stereocenters. The first-order chi connectivity index (χ1) is 8.38. The van der Waals surface area contributed by atoms with Crippen molar-refractivity contribution < 1.29 is 10.2 Å². The summed E-state index contributed by atoms with van der Waals surface area (Å²) in [7, 11) is 0. The molecule has 1 aromatic carbocycles. The molecule has 0 heterocycles. The van der Waals surface area contributed by atoms with Crippen LogP contribution in [0.15, 0.2) is 0 Å². The fourth-order valence-corrected chi connectivity index (χ4v) is 3.99. The first-order valence-electron chi connectivity index (χ1n) is 6.98. The van der Waals surface area contributed by atoms with Crippen LogP contribution in [-0.2, 0) is 24.0 Å². The Morgan fingerprint density at radius 3 is 1.56 bits per heavy atom.